The molecule has 3 aromatic rings. The van der Waals surface area contributed by atoms with Gasteiger partial charge in [0.25, 0.3) is 5.91 Å². The summed E-state index contributed by atoms with van der Waals surface area (Å²) in [6.45, 7) is 2.85. The number of hydrogen-bond acceptors (Lipinski definition) is 7. The van der Waals surface area contributed by atoms with E-state index < -0.39 is 11.6 Å². The van der Waals surface area contributed by atoms with E-state index in [1.807, 2.05) is 12.1 Å². The third-order valence-electron chi connectivity index (χ3n) is 8.05. The number of nitrogens with one attached hydrogen (secondary N) is 1. The molecule has 0 radical (unpaired) electrons. The molecule has 1 atom stereocenters. The molecule has 41 heavy (non-hydrogen) atoms. The van der Waals surface area contributed by atoms with Gasteiger partial charge in [-0.15, -0.1) is 0 Å². The molecule has 8 heteroatoms. The number of likely N-dealkylation sites (tertiary alicyclic amines) is 1. The van der Waals surface area contributed by atoms with Gasteiger partial charge in [-0.3, -0.25) is 9.69 Å². The van der Waals surface area contributed by atoms with Crippen LogP contribution in [0.2, 0.25) is 0 Å². The lowest BCUT2D eigenvalue weighted by molar-refractivity contribution is -0.164. The van der Waals surface area contributed by atoms with Crippen LogP contribution in [-0.2, 0) is 26.5 Å². The number of ether oxygens (including phenoxy) is 2. The monoisotopic (exact) mass is 557 g/mol. The maximum atomic E-state index is 13.6. The van der Waals surface area contributed by atoms with Gasteiger partial charge in [0.05, 0.1) is 6.61 Å². The Hall–Kier alpha value is -3.72. The van der Waals surface area contributed by atoms with E-state index in [1.54, 1.807) is 48.5 Å². The predicted octanol–water partition coefficient (Wildman–Crippen LogP) is 3.36. The normalized spacial score (nSPS) is 20.8. The second-order valence-electron chi connectivity index (χ2n) is 11.2. The summed E-state index contributed by atoms with van der Waals surface area (Å²) >= 11 is 0. The number of rotatable bonds is 11. The number of esters is 1. The average molecular weight is 558 g/mol. The highest BCUT2D eigenvalue weighted by Crippen LogP contribution is 2.34. The summed E-state index contributed by atoms with van der Waals surface area (Å²) in [4.78, 5) is 28.3. The van der Waals surface area contributed by atoms with Crippen LogP contribution >= 0.6 is 0 Å². The summed E-state index contributed by atoms with van der Waals surface area (Å²) in [5, 5.41) is 14.8. The van der Waals surface area contributed by atoms with E-state index in [0.717, 1.165) is 45.3 Å². The molecule has 1 amide bonds. The zero-order valence-electron chi connectivity index (χ0n) is 23.3. The number of nitrogens with two attached hydrogens (primary N) is 1. The lowest BCUT2D eigenvalue weighted by atomic mass is 9.86. The van der Waals surface area contributed by atoms with E-state index in [1.165, 1.54) is 5.56 Å². The van der Waals surface area contributed by atoms with Gasteiger partial charge in [-0.2, -0.15) is 0 Å². The lowest BCUT2D eigenvalue weighted by Gasteiger charge is -2.33. The van der Waals surface area contributed by atoms with E-state index in [9.17, 15) is 14.7 Å². The number of aliphatic hydroxyl groups is 1. The van der Waals surface area contributed by atoms with Crippen molar-refractivity contribution in [3.63, 3.8) is 0 Å². The first-order chi connectivity index (χ1) is 19.9. The molecular formula is C33H39N3O5. The quantitative estimate of drug-likeness (QED) is 0.310. The van der Waals surface area contributed by atoms with Crippen LogP contribution in [0, 0.1) is 5.92 Å². The van der Waals surface area contributed by atoms with Crippen LogP contribution < -0.4 is 15.8 Å². The first kappa shape index (κ1) is 28.8. The first-order valence-corrected chi connectivity index (χ1v) is 14.4. The highest BCUT2D eigenvalue weighted by atomic mass is 16.5. The number of benzene rings is 3. The maximum absolute atomic E-state index is 13.6. The van der Waals surface area contributed by atoms with Crippen molar-refractivity contribution in [2.45, 2.75) is 49.9 Å². The smallest absolute Gasteiger partial charge is 0.347 e. The minimum atomic E-state index is -2.03. The van der Waals surface area contributed by atoms with Gasteiger partial charge in [0, 0.05) is 24.2 Å². The summed E-state index contributed by atoms with van der Waals surface area (Å²) < 4.78 is 11.5. The molecule has 216 valence electrons. The molecule has 2 aliphatic rings. The number of carbonyl (C=O) groups is 2. The van der Waals surface area contributed by atoms with Gasteiger partial charge >= 0.3 is 5.97 Å². The van der Waals surface area contributed by atoms with Crippen LogP contribution in [0.5, 0.6) is 5.75 Å². The van der Waals surface area contributed by atoms with E-state index in [4.69, 9.17) is 15.2 Å². The SMILES string of the molecule is N[C@H]1C[C@H](NC(=O)COc2cccc([C@](O)(C(=O)OCC3CCN(Cc4ccccc4)CC3)c3ccccc3)c2)C1. The Kier molecular flexibility index (Phi) is 9.34. The fourth-order valence-corrected chi connectivity index (χ4v) is 5.54. The molecule has 2 fully saturated rings. The van der Waals surface area contributed by atoms with Gasteiger partial charge < -0.3 is 25.6 Å². The molecule has 1 heterocycles. The van der Waals surface area contributed by atoms with Crippen LogP contribution in [-0.4, -0.2) is 60.3 Å². The number of amides is 1. The van der Waals surface area contributed by atoms with Gasteiger partial charge in [0.2, 0.25) is 5.60 Å². The molecule has 5 rings (SSSR count). The van der Waals surface area contributed by atoms with Gasteiger partial charge in [-0.1, -0.05) is 72.8 Å². The number of nitrogens with zero attached hydrogens (tertiary/aromatic N) is 1. The van der Waals surface area contributed by atoms with Crippen molar-refractivity contribution in [2.24, 2.45) is 11.7 Å². The minimum absolute atomic E-state index is 0.0847. The third-order valence-corrected chi connectivity index (χ3v) is 8.05. The van der Waals surface area contributed by atoms with Crippen LogP contribution in [0.25, 0.3) is 0 Å². The topological polar surface area (TPSA) is 114 Å². The molecule has 8 nitrogen and oxygen atoms in total. The molecule has 0 aromatic heterocycles. The number of piperidine rings is 1. The van der Waals surface area contributed by atoms with Crippen molar-refractivity contribution >= 4 is 11.9 Å². The zero-order chi connectivity index (χ0) is 28.7. The van der Waals surface area contributed by atoms with E-state index in [-0.39, 0.29) is 37.1 Å². The van der Waals surface area contributed by atoms with Crippen molar-refractivity contribution in [3.8, 4) is 5.75 Å². The van der Waals surface area contributed by atoms with Crippen LogP contribution in [0.15, 0.2) is 84.9 Å². The van der Waals surface area contributed by atoms with Crippen molar-refractivity contribution < 1.29 is 24.2 Å². The fraction of sp³-hybridized carbons (Fsp3) is 0.394. The molecule has 1 saturated heterocycles. The van der Waals surface area contributed by atoms with Crippen LogP contribution in [0.3, 0.4) is 0 Å². The zero-order valence-corrected chi connectivity index (χ0v) is 23.3. The molecule has 1 saturated carbocycles. The van der Waals surface area contributed by atoms with E-state index in [2.05, 4.69) is 34.5 Å². The minimum Gasteiger partial charge on any atom is -0.484 e. The summed E-state index contributed by atoms with van der Waals surface area (Å²) in [6.07, 6.45) is 3.37. The van der Waals surface area contributed by atoms with Crippen LogP contribution in [0.1, 0.15) is 42.4 Å². The Balaban J connectivity index is 1.20. The number of hydrogen-bond donors (Lipinski definition) is 3. The maximum Gasteiger partial charge on any atom is 0.347 e. The van der Waals surface area contributed by atoms with Gasteiger partial charge in [-0.25, -0.2) is 4.79 Å². The molecule has 1 aliphatic heterocycles. The van der Waals surface area contributed by atoms with Crippen molar-refractivity contribution in [1.29, 1.82) is 0 Å². The molecule has 4 N–H and O–H groups in total. The lowest BCUT2D eigenvalue weighted by Crippen LogP contribution is -2.51. The molecule has 0 bridgehead atoms. The van der Waals surface area contributed by atoms with E-state index >= 15 is 0 Å². The second kappa shape index (κ2) is 13.3. The third kappa shape index (κ3) is 7.33. The highest BCUT2D eigenvalue weighted by Gasteiger charge is 2.42. The van der Waals surface area contributed by atoms with E-state index in [0.29, 0.717) is 16.9 Å². The molecule has 1 aliphatic carbocycles. The summed E-state index contributed by atoms with van der Waals surface area (Å²) in [5.41, 5.74) is 5.77. The largest absolute Gasteiger partial charge is 0.484 e. The Bertz CT molecular complexity index is 1290. The predicted molar refractivity (Wildman–Crippen MR) is 156 cm³/mol. The average Bonchev–Trinajstić information content (AvgIpc) is 2.99. The molecule has 0 unspecified atom stereocenters. The van der Waals surface area contributed by atoms with Gasteiger partial charge in [0.1, 0.15) is 5.75 Å². The van der Waals surface area contributed by atoms with Gasteiger partial charge in [0.15, 0.2) is 6.61 Å². The Morgan fingerprint density at radius 1 is 0.927 bits per heavy atom. The first-order valence-electron chi connectivity index (χ1n) is 14.4. The van der Waals surface area contributed by atoms with Crippen molar-refractivity contribution in [1.82, 2.24) is 10.2 Å². The summed E-state index contributed by atoms with van der Waals surface area (Å²) in [7, 11) is 0. The Labute approximate surface area is 241 Å². The molecule has 3 aromatic carbocycles. The Morgan fingerprint density at radius 2 is 1.59 bits per heavy atom. The van der Waals surface area contributed by atoms with Crippen molar-refractivity contribution in [3.05, 3.63) is 102 Å². The van der Waals surface area contributed by atoms with Crippen LogP contribution in [0.4, 0.5) is 0 Å². The molecular weight excluding hydrogens is 518 g/mol. The molecule has 0 spiro atoms. The Morgan fingerprint density at radius 3 is 2.27 bits per heavy atom. The summed E-state index contributed by atoms with van der Waals surface area (Å²) in [6, 6.07) is 26.0. The second-order valence-corrected chi connectivity index (χ2v) is 11.2. The number of carbonyl (C=O) groups excluding carboxylic acids is 2. The summed E-state index contributed by atoms with van der Waals surface area (Å²) in [5.74, 6) is -0.369. The van der Waals surface area contributed by atoms with Crippen molar-refractivity contribution in [2.75, 3.05) is 26.3 Å². The van der Waals surface area contributed by atoms with Gasteiger partial charge in [-0.05, 0) is 68.0 Å². The standard InChI is InChI=1S/C33H39N3O5/c34-28-19-29(20-28)35-31(37)23-40-30-13-7-12-27(18-30)33(39,26-10-5-2-6-11-26)32(38)41-22-25-14-16-36(17-15-25)21-24-8-3-1-4-9-24/h1-13,18,25,28-29,39H,14-17,19-23,34H2,(H,35,37)/t28-,29-,33-/m0/s1. The highest BCUT2D eigenvalue weighted by molar-refractivity contribution is 5.85. The fourth-order valence-electron chi connectivity index (χ4n) is 5.54.